The molecule has 0 unspecified atom stereocenters. The van der Waals surface area contributed by atoms with E-state index in [0.717, 1.165) is 16.5 Å². The second-order valence-electron chi connectivity index (χ2n) is 5.78. The molecular weight excluding hydrogens is 375 g/mol. The van der Waals surface area contributed by atoms with Crippen molar-refractivity contribution >= 4 is 45.8 Å². The van der Waals surface area contributed by atoms with Gasteiger partial charge in [0.25, 0.3) is 0 Å². The summed E-state index contributed by atoms with van der Waals surface area (Å²) in [6.07, 6.45) is 0. The number of halogens is 2. The number of methoxy groups -OCH3 is 1. The number of rotatable bonds is 4. The standard InChI is InChI=1S/C19H16Cl2N2O3/c1-10-3-4-11-6-12(18(21)23-16(11)5-10)9-26-19(24)13-7-14(20)15(22)8-17(13)25-2/h3-8H,9,22H2,1-2H3. The lowest BCUT2D eigenvalue weighted by Gasteiger charge is -2.11. The third-order valence-electron chi connectivity index (χ3n) is 3.90. The van der Waals surface area contributed by atoms with Gasteiger partial charge < -0.3 is 15.2 Å². The normalized spacial score (nSPS) is 10.8. The minimum atomic E-state index is -0.594. The number of esters is 1. The van der Waals surface area contributed by atoms with Crippen molar-refractivity contribution in [2.24, 2.45) is 0 Å². The lowest BCUT2D eigenvalue weighted by molar-refractivity contribution is 0.0469. The van der Waals surface area contributed by atoms with Crippen LogP contribution in [-0.2, 0) is 11.3 Å². The molecule has 0 radical (unpaired) electrons. The smallest absolute Gasteiger partial charge is 0.342 e. The maximum atomic E-state index is 12.4. The maximum Gasteiger partial charge on any atom is 0.342 e. The number of aromatic nitrogens is 1. The zero-order chi connectivity index (χ0) is 18.8. The molecule has 1 aromatic heterocycles. The van der Waals surface area contributed by atoms with Crippen molar-refractivity contribution in [3.05, 3.63) is 63.3 Å². The number of hydrogen-bond donors (Lipinski definition) is 1. The average Bonchev–Trinajstić information content (AvgIpc) is 2.61. The highest BCUT2D eigenvalue weighted by Crippen LogP contribution is 2.30. The molecule has 0 aliphatic carbocycles. The van der Waals surface area contributed by atoms with Crippen molar-refractivity contribution in [3.63, 3.8) is 0 Å². The second kappa shape index (κ2) is 7.40. The fourth-order valence-corrected chi connectivity index (χ4v) is 2.88. The third kappa shape index (κ3) is 3.69. The van der Waals surface area contributed by atoms with E-state index in [0.29, 0.717) is 16.4 Å². The second-order valence-corrected chi connectivity index (χ2v) is 6.55. The van der Waals surface area contributed by atoms with Crippen LogP contribution in [0.2, 0.25) is 10.2 Å². The first kappa shape index (κ1) is 18.3. The number of anilines is 1. The van der Waals surface area contributed by atoms with Crippen molar-refractivity contribution in [2.75, 3.05) is 12.8 Å². The molecule has 0 aliphatic rings. The molecule has 0 aliphatic heterocycles. The van der Waals surface area contributed by atoms with Crippen LogP contribution in [0.15, 0.2) is 36.4 Å². The molecule has 26 heavy (non-hydrogen) atoms. The van der Waals surface area contributed by atoms with Crippen LogP contribution >= 0.6 is 23.2 Å². The predicted octanol–water partition coefficient (Wildman–Crippen LogP) is 4.80. The summed E-state index contributed by atoms with van der Waals surface area (Å²) >= 11 is 12.2. The maximum absolute atomic E-state index is 12.4. The van der Waals surface area contributed by atoms with E-state index in [1.165, 1.54) is 19.2 Å². The van der Waals surface area contributed by atoms with E-state index in [-0.39, 0.29) is 22.9 Å². The summed E-state index contributed by atoms with van der Waals surface area (Å²) < 4.78 is 10.5. The van der Waals surface area contributed by atoms with Crippen molar-refractivity contribution in [3.8, 4) is 5.75 Å². The van der Waals surface area contributed by atoms with Crippen LogP contribution in [0.4, 0.5) is 5.69 Å². The number of carbonyl (C=O) groups excluding carboxylic acids is 1. The van der Waals surface area contributed by atoms with E-state index in [9.17, 15) is 4.79 Å². The highest BCUT2D eigenvalue weighted by atomic mass is 35.5. The minimum Gasteiger partial charge on any atom is -0.496 e. The molecular formula is C19H16Cl2N2O3. The number of nitrogens with two attached hydrogens (primary N) is 1. The van der Waals surface area contributed by atoms with Gasteiger partial charge in [0.1, 0.15) is 23.1 Å². The Hall–Kier alpha value is -2.50. The first-order valence-electron chi connectivity index (χ1n) is 7.75. The number of nitrogens with zero attached hydrogens (tertiary/aromatic N) is 1. The molecule has 0 bridgehead atoms. The van der Waals surface area contributed by atoms with Gasteiger partial charge in [0.15, 0.2) is 0 Å². The molecule has 0 amide bonds. The number of carbonyl (C=O) groups is 1. The van der Waals surface area contributed by atoms with Gasteiger partial charge in [-0.05, 0) is 30.7 Å². The lowest BCUT2D eigenvalue weighted by atomic mass is 10.1. The van der Waals surface area contributed by atoms with Gasteiger partial charge in [-0.2, -0.15) is 0 Å². The van der Waals surface area contributed by atoms with Crippen LogP contribution in [0.3, 0.4) is 0 Å². The molecule has 0 fully saturated rings. The van der Waals surface area contributed by atoms with E-state index in [2.05, 4.69) is 4.98 Å². The summed E-state index contributed by atoms with van der Waals surface area (Å²) in [6.45, 7) is 1.95. The predicted molar refractivity (Wildman–Crippen MR) is 103 cm³/mol. The fraction of sp³-hybridized carbons (Fsp3) is 0.158. The van der Waals surface area contributed by atoms with E-state index >= 15 is 0 Å². The summed E-state index contributed by atoms with van der Waals surface area (Å²) in [5.41, 5.74) is 8.72. The molecule has 0 spiro atoms. The number of benzene rings is 2. The van der Waals surface area contributed by atoms with Gasteiger partial charge in [-0.25, -0.2) is 9.78 Å². The number of fused-ring (bicyclic) bond motifs is 1. The molecule has 2 N–H and O–H groups in total. The van der Waals surface area contributed by atoms with Crippen molar-refractivity contribution < 1.29 is 14.3 Å². The number of aryl methyl sites for hydroxylation is 1. The molecule has 5 nitrogen and oxygen atoms in total. The Labute approximate surface area is 160 Å². The summed E-state index contributed by atoms with van der Waals surface area (Å²) in [7, 11) is 1.44. The minimum absolute atomic E-state index is 0.0281. The highest BCUT2D eigenvalue weighted by molar-refractivity contribution is 6.33. The Balaban J connectivity index is 1.84. The average molecular weight is 391 g/mol. The van der Waals surface area contributed by atoms with Crippen LogP contribution in [0.1, 0.15) is 21.5 Å². The zero-order valence-electron chi connectivity index (χ0n) is 14.2. The van der Waals surface area contributed by atoms with E-state index < -0.39 is 5.97 Å². The molecule has 2 aromatic carbocycles. The molecule has 0 atom stereocenters. The Morgan fingerprint density at radius 3 is 2.69 bits per heavy atom. The van der Waals surface area contributed by atoms with E-state index in [4.69, 9.17) is 38.4 Å². The molecule has 3 rings (SSSR count). The van der Waals surface area contributed by atoms with Gasteiger partial charge in [0.2, 0.25) is 0 Å². The van der Waals surface area contributed by atoms with Gasteiger partial charge >= 0.3 is 5.97 Å². The van der Waals surface area contributed by atoms with E-state index in [1.54, 1.807) is 0 Å². The topological polar surface area (TPSA) is 74.4 Å². The number of pyridine rings is 1. The quantitative estimate of drug-likeness (QED) is 0.393. The molecule has 7 heteroatoms. The molecule has 0 saturated heterocycles. The van der Waals surface area contributed by atoms with Gasteiger partial charge in [-0.15, -0.1) is 0 Å². The lowest BCUT2D eigenvalue weighted by Crippen LogP contribution is -2.08. The van der Waals surface area contributed by atoms with Crippen LogP contribution in [-0.4, -0.2) is 18.1 Å². The van der Waals surface area contributed by atoms with Crippen LogP contribution in [0.5, 0.6) is 5.75 Å². The van der Waals surface area contributed by atoms with Gasteiger partial charge in [0.05, 0.1) is 23.3 Å². The van der Waals surface area contributed by atoms with Crippen molar-refractivity contribution in [1.29, 1.82) is 0 Å². The zero-order valence-corrected chi connectivity index (χ0v) is 15.7. The summed E-state index contributed by atoms with van der Waals surface area (Å²) in [6, 6.07) is 10.6. The number of ether oxygens (including phenoxy) is 2. The Morgan fingerprint density at radius 2 is 1.96 bits per heavy atom. The van der Waals surface area contributed by atoms with Crippen LogP contribution < -0.4 is 10.5 Å². The van der Waals surface area contributed by atoms with Crippen LogP contribution in [0, 0.1) is 6.92 Å². The molecule has 3 aromatic rings. The number of nitrogen functional groups attached to an aromatic ring is 1. The number of hydrogen-bond acceptors (Lipinski definition) is 5. The molecule has 0 saturated carbocycles. The molecule has 134 valence electrons. The monoisotopic (exact) mass is 390 g/mol. The fourth-order valence-electron chi connectivity index (χ4n) is 2.52. The summed E-state index contributed by atoms with van der Waals surface area (Å²) in [4.78, 5) is 16.8. The van der Waals surface area contributed by atoms with Gasteiger partial charge in [-0.3, -0.25) is 0 Å². The van der Waals surface area contributed by atoms with Gasteiger partial charge in [0, 0.05) is 17.0 Å². The van der Waals surface area contributed by atoms with Crippen molar-refractivity contribution in [2.45, 2.75) is 13.5 Å². The Morgan fingerprint density at radius 1 is 1.19 bits per heavy atom. The van der Waals surface area contributed by atoms with Crippen molar-refractivity contribution in [1.82, 2.24) is 4.98 Å². The van der Waals surface area contributed by atoms with Crippen LogP contribution in [0.25, 0.3) is 10.9 Å². The Bertz CT molecular complexity index is 1010. The summed E-state index contributed by atoms with van der Waals surface area (Å²) in [5, 5.41) is 1.45. The van der Waals surface area contributed by atoms with Gasteiger partial charge in [-0.1, -0.05) is 35.3 Å². The highest BCUT2D eigenvalue weighted by Gasteiger charge is 2.17. The largest absolute Gasteiger partial charge is 0.496 e. The third-order valence-corrected chi connectivity index (χ3v) is 4.55. The molecule has 1 heterocycles. The summed E-state index contributed by atoms with van der Waals surface area (Å²) in [5.74, 6) is -0.307. The Kier molecular flexibility index (Phi) is 5.20. The van der Waals surface area contributed by atoms with E-state index in [1.807, 2.05) is 31.2 Å². The SMILES string of the molecule is COc1cc(N)c(Cl)cc1C(=O)OCc1cc2ccc(C)cc2nc1Cl. The first-order valence-corrected chi connectivity index (χ1v) is 8.50. The first-order chi connectivity index (χ1) is 12.4.